The van der Waals surface area contributed by atoms with E-state index in [1.165, 1.54) is 25.3 Å². The number of benzene rings is 3. The van der Waals surface area contributed by atoms with Crippen LogP contribution in [0.4, 0.5) is 5.69 Å². The zero-order valence-corrected chi connectivity index (χ0v) is 19.4. The number of phenolic OH excluding ortho intramolecular Hbond substituents is 2. The first-order valence-corrected chi connectivity index (χ1v) is 10.8. The molecular weight excluding hydrogens is 458 g/mol. The number of amides is 1. The summed E-state index contributed by atoms with van der Waals surface area (Å²) >= 11 is 6.30. The molecule has 3 aromatic carbocycles. The van der Waals surface area contributed by atoms with Gasteiger partial charge in [0.05, 0.1) is 35.0 Å². The molecule has 1 amide bonds. The third-order valence-electron chi connectivity index (χ3n) is 5.69. The second kappa shape index (κ2) is 8.76. The minimum atomic E-state index is -1.09. The lowest BCUT2D eigenvalue weighted by Crippen LogP contribution is -2.29. The molecule has 34 heavy (non-hydrogen) atoms. The van der Waals surface area contributed by atoms with Gasteiger partial charge in [-0.1, -0.05) is 29.8 Å². The third-order valence-corrected chi connectivity index (χ3v) is 5.97. The normalized spacial score (nSPS) is 17.3. The maximum atomic E-state index is 13.3. The summed E-state index contributed by atoms with van der Waals surface area (Å²) in [6, 6.07) is 12.8. The van der Waals surface area contributed by atoms with Crippen molar-refractivity contribution in [2.75, 3.05) is 12.0 Å². The zero-order valence-electron chi connectivity index (χ0n) is 18.7. The fraction of sp³-hybridized carbons (Fsp3) is 0.154. The number of carbonyl (C=O) groups excluding carboxylic acids is 2. The second-order valence-corrected chi connectivity index (χ2v) is 8.49. The van der Waals surface area contributed by atoms with Gasteiger partial charge in [-0.3, -0.25) is 14.5 Å². The third kappa shape index (κ3) is 3.84. The van der Waals surface area contributed by atoms with Crippen molar-refractivity contribution in [1.82, 2.24) is 0 Å². The predicted octanol–water partition coefficient (Wildman–Crippen LogP) is 5.00. The first-order valence-electron chi connectivity index (χ1n) is 10.4. The Hall–Kier alpha value is -3.97. The minimum absolute atomic E-state index is 0.00811. The molecule has 3 aromatic rings. The molecule has 1 heterocycles. The number of aliphatic hydroxyl groups excluding tert-OH is 1. The van der Waals surface area contributed by atoms with Crippen molar-refractivity contribution in [2.45, 2.75) is 19.9 Å². The van der Waals surface area contributed by atoms with Gasteiger partial charge < -0.3 is 20.1 Å². The van der Waals surface area contributed by atoms with E-state index in [1.807, 2.05) is 0 Å². The number of anilines is 1. The van der Waals surface area contributed by atoms with Crippen LogP contribution in [-0.2, 0) is 9.59 Å². The molecule has 1 aliphatic heterocycles. The average Bonchev–Trinajstić information content (AvgIpc) is 3.05. The van der Waals surface area contributed by atoms with Crippen LogP contribution in [0.25, 0.3) is 5.76 Å². The molecule has 1 saturated heterocycles. The smallest absolute Gasteiger partial charge is 0.300 e. The Morgan fingerprint density at radius 1 is 0.971 bits per heavy atom. The number of hydrogen-bond acceptors (Lipinski definition) is 6. The highest BCUT2D eigenvalue weighted by molar-refractivity contribution is 6.52. The molecule has 1 unspecified atom stereocenters. The molecule has 1 fully saturated rings. The number of Topliss-reactive ketones (excluding diaryl/α,β-unsaturated/α-hetero) is 1. The maximum Gasteiger partial charge on any atom is 0.300 e. The summed E-state index contributed by atoms with van der Waals surface area (Å²) in [5, 5.41) is 31.9. The summed E-state index contributed by atoms with van der Waals surface area (Å²) in [6.07, 6.45) is 0. The van der Waals surface area contributed by atoms with Crippen LogP contribution >= 0.6 is 11.6 Å². The van der Waals surface area contributed by atoms with E-state index < -0.39 is 23.5 Å². The molecule has 1 aliphatic rings. The molecule has 0 aliphatic carbocycles. The number of methoxy groups -OCH3 is 1. The van der Waals surface area contributed by atoms with Crippen LogP contribution in [0.2, 0.25) is 5.02 Å². The van der Waals surface area contributed by atoms with Crippen LogP contribution in [-0.4, -0.2) is 34.1 Å². The maximum absolute atomic E-state index is 13.3. The number of aliphatic hydroxyl groups is 1. The van der Waals surface area contributed by atoms with Crippen LogP contribution in [0, 0.1) is 13.8 Å². The van der Waals surface area contributed by atoms with Crippen molar-refractivity contribution in [3.05, 3.63) is 87.4 Å². The molecule has 0 aromatic heterocycles. The summed E-state index contributed by atoms with van der Waals surface area (Å²) in [7, 11) is 1.38. The number of phenols is 2. The molecule has 8 heteroatoms. The van der Waals surface area contributed by atoms with Crippen LogP contribution in [0.5, 0.6) is 17.2 Å². The number of halogens is 1. The number of aromatic hydroxyl groups is 2. The highest BCUT2D eigenvalue weighted by atomic mass is 35.5. The predicted molar refractivity (Wildman–Crippen MR) is 128 cm³/mol. The highest BCUT2D eigenvalue weighted by Gasteiger charge is 2.48. The van der Waals surface area contributed by atoms with Gasteiger partial charge in [-0.15, -0.1) is 0 Å². The molecule has 3 N–H and O–H groups in total. The van der Waals surface area contributed by atoms with Gasteiger partial charge in [-0.2, -0.15) is 0 Å². The molecule has 1 atom stereocenters. The fourth-order valence-corrected chi connectivity index (χ4v) is 4.49. The summed E-state index contributed by atoms with van der Waals surface area (Å²) in [5.74, 6) is -2.37. The van der Waals surface area contributed by atoms with Crippen molar-refractivity contribution < 1.29 is 29.6 Å². The number of aryl methyl sites for hydroxylation is 2. The van der Waals surface area contributed by atoms with Gasteiger partial charge >= 0.3 is 0 Å². The molecule has 0 radical (unpaired) electrons. The Kier molecular flexibility index (Phi) is 5.98. The van der Waals surface area contributed by atoms with Gasteiger partial charge in [0.2, 0.25) is 0 Å². The van der Waals surface area contributed by atoms with E-state index in [2.05, 4.69) is 0 Å². The molecule has 7 nitrogen and oxygen atoms in total. The van der Waals surface area contributed by atoms with Crippen molar-refractivity contribution >= 4 is 34.7 Å². The molecule has 0 spiro atoms. The first-order chi connectivity index (χ1) is 16.1. The molecule has 0 saturated carbocycles. The van der Waals surface area contributed by atoms with E-state index in [-0.39, 0.29) is 39.1 Å². The number of ether oxygens (including phenoxy) is 1. The lowest BCUT2D eigenvalue weighted by Gasteiger charge is -2.26. The van der Waals surface area contributed by atoms with Gasteiger partial charge in [-0.05, 0) is 66.9 Å². The summed E-state index contributed by atoms with van der Waals surface area (Å²) in [5.41, 5.74) is 1.98. The van der Waals surface area contributed by atoms with Crippen LogP contribution in [0.3, 0.4) is 0 Å². The van der Waals surface area contributed by atoms with Gasteiger partial charge in [0.1, 0.15) is 23.0 Å². The van der Waals surface area contributed by atoms with Crippen molar-refractivity contribution in [2.24, 2.45) is 0 Å². The Labute approximate surface area is 201 Å². The summed E-state index contributed by atoms with van der Waals surface area (Å²) in [6.45, 7) is 3.55. The monoisotopic (exact) mass is 479 g/mol. The first kappa shape index (κ1) is 23.2. The molecule has 0 bridgehead atoms. The van der Waals surface area contributed by atoms with Gasteiger partial charge in [-0.25, -0.2) is 0 Å². The van der Waals surface area contributed by atoms with E-state index >= 15 is 0 Å². The number of hydrogen-bond donors (Lipinski definition) is 3. The molecule has 4 rings (SSSR count). The fourth-order valence-electron chi connectivity index (χ4n) is 4.14. The largest absolute Gasteiger partial charge is 0.508 e. The summed E-state index contributed by atoms with van der Waals surface area (Å²) < 4.78 is 5.37. The van der Waals surface area contributed by atoms with E-state index in [0.717, 1.165) is 10.5 Å². The highest BCUT2D eigenvalue weighted by Crippen LogP contribution is 2.46. The number of carbonyl (C=O) groups is 2. The Balaban J connectivity index is 2.04. The quantitative estimate of drug-likeness (QED) is 0.276. The number of rotatable bonds is 4. The molecular formula is C26H22ClNO6. The Bertz CT molecular complexity index is 1350. The topological polar surface area (TPSA) is 107 Å². The lowest BCUT2D eigenvalue weighted by molar-refractivity contribution is -0.132. The standard InChI is InChI=1S/C26H22ClNO6/c1-13-4-9-20(30)19(12-13)28-22(15-5-7-16(29)8-6-15)21(24(32)26(28)33)23(31)17-10-14(2)11-18(27)25(17)34-3/h4-12,22,29-31H,1-3H3/b23-21+. The van der Waals surface area contributed by atoms with Crippen molar-refractivity contribution in [3.63, 3.8) is 0 Å². The van der Waals surface area contributed by atoms with Crippen LogP contribution in [0.15, 0.2) is 60.2 Å². The SMILES string of the molecule is COc1c(Cl)cc(C)cc1/C(O)=C1\C(=O)C(=O)N(c2cc(C)ccc2O)C1c1ccc(O)cc1. The van der Waals surface area contributed by atoms with Gasteiger partial charge in [0.25, 0.3) is 11.7 Å². The lowest BCUT2D eigenvalue weighted by atomic mass is 9.94. The Morgan fingerprint density at radius 3 is 2.29 bits per heavy atom. The average molecular weight is 480 g/mol. The second-order valence-electron chi connectivity index (χ2n) is 8.08. The minimum Gasteiger partial charge on any atom is -0.508 e. The van der Waals surface area contributed by atoms with E-state index in [4.69, 9.17) is 16.3 Å². The van der Waals surface area contributed by atoms with E-state index in [9.17, 15) is 24.9 Å². The number of ketones is 1. The van der Waals surface area contributed by atoms with Crippen molar-refractivity contribution in [1.29, 1.82) is 0 Å². The van der Waals surface area contributed by atoms with E-state index in [1.54, 1.807) is 50.2 Å². The van der Waals surface area contributed by atoms with Gasteiger partial charge in [0.15, 0.2) is 0 Å². The van der Waals surface area contributed by atoms with E-state index in [0.29, 0.717) is 11.1 Å². The summed E-state index contributed by atoms with van der Waals surface area (Å²) in [4.78, 5) is 27.7. The van der Waals surface area contributed by atoms with Gasteiger partial charge in [0, 0.05) is 0 Å². The molecule has 174 valence electrons. The van der Waals surface area contributed by atoms with Crippen LogP contribution in [0.1, 0.15) is 28.3 Å². The number of nitrogens with zero attached hydrogens (tertiary/aromatic N) is 1. The Morgan fingerprint density at radius 2 is 1.65 bits per heavy atom. The zero-order chi connectivity index (χ0) is 24.7. The van der Waals surface area contributed by atoms with Crippen molar-refractivity contribution in [3.8, 4) is 17.2 Å². The van der Waals surface area contributed by atoms with Crippen LogP contribution < -0.4 is 9.64 Å².